The average Bonchev–Trinajstić information content (AvgIpc) is 2.27. The Bertz CT molecular complexity index is 91.7. The highest BCUT2D eigenvalue weighted by atomic mass is 16.3. The van der Waals surface area contributed by atoms with Crippen molar-refractivity contribution in [2.75, 3.05) is 13.2 Å². The molecule has 0 heterocycles. The van der Waals surface area contributed by atoms with Crippen LogP contribution in [0.3, 0.4) is 0 Å². The van der Waals surface area contributed by atoms with E-state index < -0.39 is 0 Å². The van der Waals surface area contributed by atoms with Gasteiger partial charge in [-0.3, -0.25) is 0 Å². The molecule has 0 amide bonds. The average molecular weight is 158 g/mol. The highest BCUT2D eigenvalue weighted by molar-refractivity contribution is 4.72. The van der Waals surface area contributed by atoms with E-state index in [0.29, 0.717) is 11.8 Å². The van der Waals surface area contributed by atoms with Gasteiger partial charge in [-0.2, -0.15) is 0 Å². The molecule has 2 atom stereocenters. The summed E-state index contributed by atoms with van der Waals surface area (Å²) in [5, 5.41) is 18.0. The van der Waals surface area contributed by atoms with E-state index in [-0.39, 0.29) is 13.2 Å². The van der Waals surface area contributed by atoms with E-state index in [1.54, 1.807) is 0 Å². The van der Waals surface area contributed by atoms with Crippen LogP contribution in [0.1, 0.15) is 32.1 Å². The second-order valence-corrected chi connectivity index (χ2v) is 3.52. The second kappa shape index (κ2) is 4.73. The monoisotopic (exact) mass is 158 g/mol. The minimum atomic E-state index is 0.255. The maximum absolute atomic E-state index is 9.01. The van der Waals surface area contributed by atoms with Crippen LogP contribution in [0.2, 0.25) is 0 Å². The predicted octanol–water partition coefficient (Wildman–Crippen LogP) is 1.17. The summed E-state index contributed by atoms with van der Waals surface area (Å²) >= 11 is 0. The first kappa shape index (κ1) is 9.01. The van der Waals surface area contributed by atoms with E-state index in [1.807, 2.05) is 0 Å². The SMILES string of the molecule is OC[C@@H]1CCCCC[C@H]1CO. The molecule has 1 aliphatic rings. The van der Waals surface area contributed by atoms with Crippen LogP contribution in [0.25, 0.3) is 0 Å². The lowest BCUT2D eigenvalue weighted by molar-refractivity contribution is 0.114. The zero-order chi connectivity index (χ0) is 8.10. The van der Waals surface area contributed by atoms with Crippen molar-refractivity contribution in [1.82, 2.24) is 0 Å². The molecule has 2 heteroatoms. The first-order valence-corrected chi connectivity index (χ1v) is 4.60. The summed E-state index contributed by atoms with van der Waals surface area (Å²) in [5.41, 5.74) is 0. The predicted molar refractivity (Wildman–Crippen MR) is 44.2 cm³/mol. The molecule has 1 fully saturated rings. The first-order valence-electron chi connectivity index (χ1n) is 4.60. The molecule has 1 rings (SSSR count). The molecule has 2 N–H and O–H groups in total. The Morgan fingerprint density at radius 2 is 1.27 bits per heavy atom. The number of rotatable bonds is 2. The van der Waals surface area contributed by atoms with Crippen LogP contribution in [-0.4, -0.2) is 23.4 Å². The van der Waals surface area contributed by atoms with Crippen molar-refractivity contribution in [2.45, 2.75) is 32.1 Å². The van der Waals surface area contributed by atoms with Gasteiger partial charge in [-0.25, -0.2) is 0 Å². The first-order chi connectivity index (χ1) is 5.38. The van der Waals surface area contributed by atoms with Gasteiger partial charge in [-0.05, 0) is 24.7 Å². The molecule has 0 spiro atoms. The molecule has 0 aromatic carbocycles. The smallest absolute Gasteiger partial charge is 0.0462 e. The summed E-state index contributed by atoms with van der Waals surface area (Å²) < 4.78 is 0. The summed E-state index contributed by atoms with van der Waals surface area (Å²) in [6.07, 6.45) is 5.92. The molecule has 1 aliphatic carbocycles. The molecule has 0 radical (unpaired) electrons. The molecule has 2 nitrogen and oxygen atoms in total. The third-order valence-corrected chi connectivity index (χ3v) is 2.79. The van der Waals surface area contributed by atoms with Crippen molar-refractivity contribution >= 4 is 0 Å². The van der Waals surface area contributed by atoms with Crippen LogP contribution in [0.4, 0.5) is 0 Å². The van der Waals surface area contributed by atoms with Gasteiger partial charge in [0.1, 0.15) is 0 Å². The molecule has 66 valence electrons. The van der Waals surface area contributed by atoms with Crippen LogP contribution >= 0.6 is 0 Å². The summed E-state index contributed by atoms with van der Waals surface area (Å²) in [5.74, 6) is 0.727. The molecule has 11 heavy (non-hydrogen) atoms. The van der Waals surface area contributed by atoms with Crippen LogP contribution in [0.15, 0.2) is 0 Å². The molecular formula is C9H18O2. The van der Waals surface area contributed by atoms with Gasteiger partial charge >= 0.3 is 0 Å². The zero-order valence-electron chi connectivity index (χ0n) is 7.00. The summed E-state index contributed by atoms with van der Waals surface area (Å²) in [6, 6.07) is 0. The van der Waals surface area contributed by atoms with Gasteiger partial charge < -0.3 is 10.2 Å². The van der Waals surface area contributed by atoms with Crippen molar-refractivity contribution in [1.29, 1.82) is 0 Å². The maximum Gasteiger partial charge on any atom is 0.0462 e. The number of aliphatic hydroxyl groups is 2. The Hall–Kier alpha value is -0.0800. The Morgan fingerprint density at radius 3 is 1.64 bits per heavy atom. The van der Waals surface area contributed by atoms with Crippen LogP contribution in [0.5, 0.6) is 0 Å². The zero-order valence-corrected chi connectivity index (χ0v) is 7.00. The Kier molecular flexibility index (Phi) is 3.87. The molecular weight excluding hydrogens is 140 g/mol. The lowest BCUT2D eigenvalue weighted by Gasteiger charge is -2.20. The fourth-order valence-electron chi connectivity index (χ4n) is 1.94. The van der Waals surface area contributed by atoms with Gasteiger partial charge in [0.05, 0.1) is 0 Å². The van der Waals surface area contributed by atoms with Crippen molar-refractivity contribution in [3.8, 4) is 0 Å². The number of hydrogen-bond acceptors (Lipinski definition) is 2. The topological polar surface area (TPSA) is 40.5 Å². The Balaban J connectivity index is 2.41. The quantitative estimate of drug-likeness (QED) is 0.592. The fourth-order valence-corrected chi connectivity index (χ4v) is 1.94. The largest absolute Gasteiger partial charge is 0.396 e. The van der Waals surface area contributed by atoms with E-state index in [0.717, 1.165) is 12.8 Å². The van der Waals surface area contributed by atoms with Crippen molar-refractivity contribution < 1.29 is 10.2 Å². The summed E-state index contributed by atoms with van der Waals surface area (Å²) in [7, 11) is 0. The van der Waals surface area contributed by atoms with E-state index in [2.05, 4.69) is 0 Å². The molecule has 1 saturated carbocycles. The van der Waals surface area contributed by atoms with E-state index >= 15 is 0 Å². The standard InChI is InChI=1S/C9H18O2/c10-6-8-4-2-1-3-5-9(8)7-11/h8-11H,1-7H2/t8-,9-/m0/s1. The van der Waals surface area contributed by atoms with Crippen LogP contribution in [0, 0.1) is 11.8 Å². The molecule has 0 unspecified atom stereocenters. The second-order valence-electron chi connectivity index (χ2n) is 3.52. The minimum Gasteiger partial charge on any atom is -0.396 e. The summed E-state index contributed by atoms with van der Waals surface area (Å²) in [4.78, 5) is 0. The van der Waals surface area contributed by atoms with E-state index in [9.17, 15) is 0 Å². The van der Waals surface area contributed by atoms with Crippen LogP contribution < -0.4 is 0 Å². The van der Waals surface area contributed by atoms with Crippen molar-refractivity contribution in [2.24, 2.45) is 11.8 Å². The third kappa shape index (κ3) is 2.46. The minimum absolute atomic E-state index is 0.255. The molecule has 0 aromatic rings. The molecule has 0 aliphatic heterocycles. The highest BCUT2D eigenvalue weighted by Crippen LogP contribution is 2.27. The van der Waals surface area contributed by atoms with Gasteiger partial charge in [0.2, 0.25) is 0 Å². The Labute approximate surface area is 68.2 Å². The van der Waals surface area contributed by atoms with Gasteiger partial charge in [0.25, 0.3) is 0 Å². The van der Waals surface area contributed by atoms with E-state index in [4.69, 9.17) is 10.2 Å². The molecule has 0 bridgehead atoms. The molecule has 0 saturated heterocycles. The van der Waals surface area contributed by atoms with Crippen molar-refractivity contribution in [3.05, 3.63) is 0 Å². The number of aliphatic hydroxyl groups excluding tert-OH is 2. The van der Waals surface area contributed by atoms with Gasteiger partial charge in [-0.15, -0.1) is 0 Å². The summed E-state index contributed by atoms with van der Waals surface area (Å²) in [6.45, 7) is 0.510. The fraction of sp³-hybridized carbons (Fsp3) is 1.00. The normalized spacial score (nSPS) is 33.3. The highest BCUT2D eigenvalue weighted by Gasteiger charge is 2.21. The van der Waals surface area contributed by atoms with E-state index in [1.165, 1.54) is 19.3 Å². The van der Waals surface area contributed by atoms with Crippen LogP contribution in [-0.2, 0) is 0 Å². The lowest BCUT2D eigenvalue weighted by atomic mass is 9.89. The van der Waals surface area contributed by atoms with Gasteiger partial charge in [0.15, 0.2) is 0 Å². The van der Waals surface area contributed by atoms with Gasteiger partial charge in [0, 0.05) is 13.2 Å². The van der Waals surface area contributed by atoms with Gasteiger partial charge in [-0.1, -0.05) is 19.3 Å². The third-order valence-electron chi connectivity index (χ3n) is 2.79. The Morgan fingerprint density at radius 1 is 0.818 bits per heavy atom. The van der Waals surface area contributed by atoms with Crippen molar-refractivity contribution in [3.63, 3.8) is 0 Å². The molecule has 0 aromatic heterocycles. The number of hydrogen-bond donors (Lipinski definition) is 2. The maximum atomic E-state index is 9.01. The lowest BCUT2D eigenvalue weighted by Crippen LogP contribution is -2.20.